The first kappa shape index (κ1) is 27.5. The standard InChI is InChI=1S/C27H32FN7O4/c1-34(2)9-10-35(3)21-13-22(37-4)19(11-18(21)31-15-36)33-27-29-8-7-17(32-27)16-14-30-20-12-23(38-5)25(28)26(39-6)24(16)20/h7-8,11-15,30H,9-10H2,1-6H3,(H,31,36)(H,29,32,33). The summed E-state index contributed by atoms with van der Waals surface area (Å²) in [7, 11) is 10.3. The summed E-state index contributed by atoms with van der Waals surface area (Å²) in [4.78, 5) is 27.6. The van der Waals surface area contributed by atoms with E-state index in [1.807, 2.05) is 32.1 Å². The van der Waals surface area contributed by atoms with Crippen molar-refractivity contribution in [3.8, 4) is 28.5 Å². The number of methoxy groups -OCH3 is 3. The molecule has 2 heterocycles. The lowest BCUT2D eigenvalue weighted by atomic mass is 10.1. The molecule has 0 bridgehead atoms. The number of amides is 1. The highest BCUT2D eigenvalue weighted by atomic mass is 19.1. The molecule has 0 spiro atoms. The van der Waals surface area contributed by atoms with Crippen molar-refractivity contribution in [3.05, 3.63) is 42.5 Å². The predicted octanol–water partition coefficient (Wildman–Crippen LogP) is 4.10. The van der Waals surface area contributed by atoms with E-state index in [0.29, 0.717) is 45.7 Å². The van der Waals surface area contributed by atoms with E-state index in [1.165, 1.54) is 14.2 Å². The Morgan fingerprint density at radius 1 is 1.03 bits per heavy atom. The lowest BCUT2D eigenvalue weighted by Gasteiger charge is -2.25. The number of rotatable bonds is 12. The fraction of sp³-hybridized carbons (Fsp3) is 0.296. The second-order valence-electron chi connectivity index (χ2n) is 9.00. The summed E-state index contributed by atoms with van der Waals surface area (Å²) in [5.74, 6) is 0.333. The van der Waals surface area contributed by atoms with Gasteiger partial charge in [0.05, 0.1) is 55.0 Å². The number of H-pyrrole nitrogens is 1. The highest BCUT2D eigenvalue weighted by Crippen LogP contribution is 2.41. The van der Waals surface area contributed by atoms with Crippen molar-refractivity contribution in [1.82, 2.24) is 19.9 Å². The third-order valence-corrected chi connectivity index (χ3v) is 6.26. The summed E-state index contributed by atoms with van der Waals surface area (Å²) < 4.78 is 31.1. The number of carbonyl (C=O) groups excluding carboxylic acids is 1. The Morgan fingerprint density at radius 2 is 1.79 bits per heavy atom. The number of benzene rings is 2. The summed E-state index contributed by atoms with van der Waals surface area (Å²) >= 11 is 0. The van der Waals surface area contributed by atoms with Gasteiger partial charge >= 0.3 is 0 Å². The van der Waals surface area contributed by atoms with Gasteiger partial charge in [-0.05, 0) is 26.2 Å². The Morgan fingerprint density at radius 3 is 2.46 bits per heavy atom. The quantitative estimate of drug-likeness (QED) is 0.230. The van der Waals surface area contributed by atoms with E-state index in [9.17, 15) is 9.18 Å². The molecule has 0 fully saturated rings. The zero-order chi connectivity index (χ0) is 28.1. The Labute approximate surface area is 225 Å². The van der Waals surface area contributed by atoms with Crippen LogP contribution in [0.2, 0.25) is 0 Å². The Balaban J connectivity index is 1.72. The van der Waals surface area contributed by atoms with Gasteiger partial charge in [0.15, 0.2) is 11.5 Å². The second-order valence-corrected chi connectivity index (χ2v) is 9.00. The third-order valence-electron chi connectivity index (χ3n) is 6.26. The zero-order valence-electron chi connectivity index (χ0n) is 22.8. The minimum absolute atomic E-state index is 0.0499. The predicted molar refractivity (Wildman–Crippen MR) is 150 cm³/mol. The molecule has 4 aromatic rings. The highest BCUT2D eigenvalue weighted by Gasteiger charge is 2.21. The van der Waals surface area contributed by atoms with Crippen molar-refractivity contribution in [2.45, 2.75) is 0 Å². The molecule has 11 nitrogen and oxygen atoms in total. The van der Waals surface area contributed by atoms with Gasteiger partial charge in [-0.2, -0.15) is 4.39 Å². The highest BCUT2D eigenvalue weighted by molar-refractivity contribution is 6.00. The van der Waals surface area contributed by atoms with Crippen molar-refractivity contribution in [2.24, 2.45) is 0 Å². The number of hydrogen-bond acceptors (Lipinski definition) is 9. The van der Waals surface area contributed by atoms with Crippen LogP contribution >= 0.6 is 0 Å². The molecule has 206 valence electrons. The minimum Gasteiger partial charge on any atom is -0.494 e. The normalized spacial score (nSPS) is 11.0. The third kappa shape index (κ3) is 5.65. The number of ether oxygens (including phenoxy) is 3. The van der Waals surface area contributed by atoms with Crippen LogP contribution in [0.1, 0.15) is 0 Å². The number of halogens is 1. The van der Waals surface area contributed by atoms with E-state index in [1.54, 1.807) is 37.7 Å². The summed E-state index contributed by atoms with van der Waals surface area (Å²) in [6.45, 7) is 1.57. The SMILES string of the molecule is COc1cc(N(C)CCN(C)C)c(NC=O)cc1Nc1nccc(-c2c[nH]c3cc(OC)c(F)c(OC)c23)n1. The maximum Gasteiger partial charge on any atom is 0.227 e. The van der Waals surface area contributed by atoms with Crippen LogP contribution in [0, 0.1) is 5.82 Å². The summed E-state index contributed by atoms with van der Waals surface area (Å²) in [6.07, 6.45) is 3.95. The van der Waals surface area contributed by atoms with E-state index in [4.69, 9.17) is 14.2 Å². The van der Waals surface area contributed by atoms with Crippen molar-refractivity contribution in [2.75, 3.05) is 71.1 Å². The van der Waals surface area contributed by atoms with Crippen LogP contribution in [-0.4, -0.2) is 81.8 Å². The molecule has 4 rings (SSSR count). The minimum atomic E-state index is -0.601. The molecule has 12 heteroatoms. The van der Waals surface area contributed by atoms with Crippen molar-refractivity contribution in [3.63, 3.8) is 0 Å². The van der Waals surface area contributed by atoms with Gasteiger partial charge in [0.1, 0.15) is 5.75 Å². The molecule has 2 aromatic carbocycles. The molecular weight excluding hydrogens is 505 g/mol. The summed E-state index contributed by atoms with van der Waals surface area (Å²) in [5.41, 5.74) is 3.74. The Kier molecular flexibility index (Phi) is 8.35. The molecule has 0 atom stereocenters. The molecule has 0 unspecified atom stereocenters. The number of hydrogen-bond donors (Lipinski definition) is 3. The molecule has 1 amide bonds. The number of anilines is 4. The van der Waals surface area contributed by atoms with E-state index < -0.39 is 5.82 Å². The smallest absolute Gasteiger partial charge is 0.227 e. The van der Waals surface area contributed by atoms with E-state index in [-0.39, 0.29) is 17.4 Å². The first-order valence-corrected chi connectivity index (χ1v) is 12.1. The van der Waals surface area contributed by atoms with Gasteiger partial charge in [-0.15, -0.1) is 0 Å². The van der Waals surface area contributed by atoms with Crippen LogP contribution in [0.4, 0.5) is 27.4 Å². The number of nitrogens with one attached hydrogen (secondary N) is 3. The van der Waals surface area contributed by atoms with E-state index in [2.05, 4.69) is 30.5 Å². The average Bonchev–Trinajstić information content (AvgIpc) is 3.35. The lowest BCUT2D eigenvalue weighted by molar-refractivity contribution is -0.105. The van der Waals surface area contributed by atoms with Gasteiger partial charge in [-0.3, -0.25) is 4.79 Å². The van der Waals surface area contributed by atoms with E-state index in [0.717, 1.165) is 18.8 Å². The van der Waals surface area contributed by atoms with Gasteiger partial charge in [0.2, 0.25) is 18.2 Å². The monoisotopic (exact) mass is 537 g/mol. The molecular formula is C27H32FN7O4. The number of likely N-dealkylation sites (N-methyl/N-ethyl adjacent to an activating group) is 2. The number of aromatic amines is 1. The van der Waals surface area contributed by atoms with Crippen LogP contribution in [-0.2, 0) is 4.79 Å². The van der Waals surface area contributed by atoms with Crippen LogP contribution in [0.15, 0.2) is 36.7 Å². The molecule has 0 saturated heterocycles. The van der Waals surface area contributed by atoms with Gasteiger partial charge in [-0.25, -0.2) is 9.97 Å². The van der Waals surface area contributed by atoms with Gasteiger partial charge in [0.25, 0.3) is 0 Å². The maximum atomic E-state index is 14.9. The van der Waals surface area contributed by atoms with Crippen molar-refractivity contribution < 1.29 is 23.4 Å². The summed E-state index contributed by atoms with van der Waals surface area (Å²) in [6, 6.07) is 6.89. The van der Waals surface area contributed by atoms with Gasteiger partial charge in [-0.1, -0.05) is 0 Å². The maximum absolute atomic E-state index is 14.9. The van der Waals surface area contributed by atoms with Crippen LogP contribution in [0.3, 0.4) is 0 Å². The molecule has 0 aliphatic rings. The largest absolute Gasteiger partial charge is 0.494 e. The van der Waals surface area contributed by atoms with Crippen LogP contribution < -0.4 is 29.7 Å². The average molecular weight is 538 g/mol. The first-order valence-electron chi connectivity index (χ1n) is 12.1. The summed E-state index contributed by atoms with van der Waals surface area (Å²) in [5, 5.41) is 6.48. The molecule has 39 heavy (non-hydrogen) atoms. The number of nitrogens with zero attached hydrogens (tertiary/aromatic N) is 4. The molecule has 0 radical (unpaired) electrons. The van der Waals surface area contributed by atoms with E-state index >= 15 is 0 Å². The molecule has 0 aliphatic heterocycles. The number of carbonyl (C=O) groups is 1. The fourth-order valence-electron chi connectivity index (χ4n) is 4.25. The van der Waals surface area contributed by atoms with Crippen LogP contribution in [0.25, 0.3) is 22.2 Å². The molecule has 0 saturated carbocycles. The Hall–Kier alpha value is -4.58. The van der Waals surface area contributed by atoms with Crippen molar-refractivity contribution in [1.29, 1.82) is 0 Å². The zero-order valence-corrected chi connectivity index (χ0v) is 22.8. The topological polar surface area (TPSA) is 117 Å². The Bertz CT molecular complexity index is 1470. The first-order chi connectivity index (χ1) is 18.8. The van der Waals surface area contributed by atoms with Crippen molar-refractivity contribution >= 4 is 40.3 Å². The number of aromatic nitrogens is 3. The molecule has 3 N–H and O–H groups in total. The second kappa shape index (κ2) is 11.9. The molecule has 0 aliphatic carbocycles. The van der Waals surface area contributed by atoms with Gasteiger partial charge < -0.3 is 39.6 Å². The molecule has 2 aromatic heterocycles. The number of fused-ring (bicyclic) bond motifs is 1. The lowest BCUT2D eigenvalue weighted by Crippen LogP contribution is -2.29. The van der Waals surface area contributed by atoms with Crippen LogP contribution in [0.5, 0.6) is 17.2 Å². The van der Waals surface area contributed by atoms with Gasteiger partial charge in [0, 0.05) is 50.2 Å². The fourth-order valence-corrected chi connectivity index (χ4v) is 4.25.